The van der Waals surface area contributed by atoms with E-state index in [0.29, 0.717) is 18.4 Å². The van der Waals surface area contributed by atoms with Crippen molar-refractivity contribution in [3.8, 4) is 22.5 Å². The number of hydrogen-bond acceptors (Lipinski definition) is 8. The molecule has 170 valence electrons. The molecule has 0 unspecified atom stereocenters. The summed E-state index contributed by atoms with van der Waals surface area (Å²) in [7, 11) is 0. The summed E-state index contributed by atoms with van der Waals surface area (Å²) in [5, 5.41) is 14.4. The van der Waals surface area contributed by atoms with Crippen molar-refractivity contribution in [2.45, 2.75) is 51.2 Å². The predicted octanol–water partition coefficient (Wildman–Crippen LogP) is 3.46. The molecule has 1 saturated carbocycles. The third-order valence-electron chi connectivity index (χ3n) is 6.15. The quantitative estimate of drug-likeness (QED) is 0.442. The lowest BCUT2D eigenvalue weighted by Crippen LogP contribution is -2.27. The van der Waals surface area contributed by atoms with Gasteiger partial charge in [0.2, 0.25) is 11.8 Å². The van der Waals surface area contributed by atoms with Crippen LogP contribution in [0.25, 0.3) is 22.5 Å². The van der Waals surface area contributed by atoms with Gasteiger partial charge in [-0.1, -0.05) is 6.07 Å². The van der Waals surface area contributed by atoms with E-state index in [1.165, 1.54) is 0 Å². The maximum absolute atomic E-state index is 10.0. The van der Waals surface area contributed by atoms with E-state index in [9.17, 15) is 5.11 Å². The largest absolute Gasteiger partial charge is 0.447 e. The minimum absolute atomic E-state index is 0.238. The molecule has 1 aliphatic rings. The number of nitrogens with two attached hydrogens (primary N) is 1. The molecule has 9 nitrogen and oxygen atoms in total. The Bertz CT molecular complexity index is 1250. The second-order valence-electron chi connectivity index (χ2n) is 9.52. The number of hydrogen-bond donors (Lipinski definition) is 2. The third kappa shape index (κ3) is 4.23. The van der Waals surface area contributed by atoms with Gasteiger partial charge in [-0.25, -0.2) is 15.0 Å². The fraction of sp³-hybridized carbons (Fsp3) is 0.375. The van der Waals surface area contributed by atoms with Crippen LogP contribution in [0.1, 0.15) is 45.1 Å². The molecule has 4 aromatic rings. The second kappa shape index (κ2) is 7.77. The summed E-state index contributed by atoms with van der Waals surface area (Å²) in [4.78, 5) is 17.6. The predicted molar refractivity (Wildman–Crippen MR) is 123 cm³/mol. The molecule has 3 N–H and O–H groups in total. The molecule has 0 aliphatic heterocycles. The highest BCUT2D eigenvalue weighted by Crippen LogP contribution is 2.51. The first-order valence-electron chi connectivity index (χ1n) is 11.0. The average Bonchev–Trinajstić information content (AvgIpc) is 3.35. The molecular formula is C24H27N7O2. The van der Waals surface area contributed by atoms with E-state index in [4.69, 9.17) is 15.1 Å². The van der Waals surface area contributed by atoms with Gasteiger partial charge in [0.15, 0.2) is 0 Å². The summed E-state index contributed by atoms with van der Waals surface area (Å²) in [6.45, 7) is 6.07. The molecule has 0 spiro atoms. The van der Waals surface area contributed by atoms with Crippen molar-refractivity contribution in [3.63, 3.8) is 0 Å². The van der Waals surface area contributed by atoms with E-state index in [-0.39, 0.29) is 11.4 Å². The standard InChI is InChI=1S/C24H27N7O2/c1-23(2,32)14-31-12-16(10-29-31)20-13-33-21(30-20)24(3,17-4-5-17)18-6-7-19(26-11-18)15-8-27-22(25)28-9-15/h6-13,17,32H,4-5,14H2,1-3H3,(H2,25,27,28)/t24-/m0/s1. The van der Waals surface area contributed by atoms with Crippen molar-refractivity contribution in [3.05, 3.63) is 60.8 Å². The van der Waals surface area contributed by atoms with E-state index < -0.39 is 5.60 Å². The van der Waals surface area contributed by atoms with Crippen LogP contribution in [0.15, 0.2) is 53.8 Å². The summed E-state index contributed by atoms with van der Waals surface area (Å²) >= 11 is 0. The molecule has 1 atom stereocenters. The lowest BCUT2D eigenvalue weighted by molar-refractivity contribution is 0.0577. The SMILES string of the molecule is CC(C)(O)Cn1cc(-c2coc([C@](C)(c3ccc(-c4cnc(N)nc4)nc3)C3CC3)n2)cn1. The van der Waals surface area contributed by atoms with Gasteiger partial charge in [0, 0.05) is 35.9 Å². The minimum atomic E-state index is -0.847. The number of nitrogens with zero attached hydrogens (tertiary/aromatic N) is 6. The molecule has 1 aliphatic carbocycles. The smallest absolute Gasteiger partial charge is 0.219 e. The Kier molecular flexibility index (Phi) is 5.01. The fourth-order valence-electron chi connectivity index (χ4n) is 4.16. The van der Waals surface area contributed by atoms with Crippen LogP contribution in [-0.2, 0) is 12.0 Å². The summed E-state index contributed by atoms with van der Waals surface area (Å²) < 4.78 is 7.73. The monoisotopic (exact) mass is 445 g/mol. The first-order chi connectivity index (χ1) is 15.7. The molecule has 4 heterocycles. The molecule has 9 heteroatoms. The molecule has 5 rings (SSSR count). The highest BCUT2D eigenvalue weighted by Gasteiger charge is 2.47. The normalized spacial score (nSPS) is 16.0. The Morgan fingerprint density at radius 3 is 2.42 bits per heavy atom. The van der Waals surface area contributed by atoms with Crippen LogP contribution < -0.4 is 5.73 Å². The Morgan fingerprint density at radius 1 is 1.03 bits per heavy atom. The summed E-state index contributed by atoms with van der Waals surface area (Å²) in [6.07, 6.45) is 12.7. The van der Waals surface area contributed by atoms with Crippen molar-refractivity contribution in [1.29, 1.82) is 0 Å². The highest BCUT2D eigenvalue weighted by atomic mass is 16.3. The lowest BCUT2D eigenvalue weighted by atomic mass is 9.78. The second-order valence-corrected chi connectivity index (χ2v) is 9.52. The van der Waals surface area contributed by atoms with Gasteiger partial charge in [-0.2, -0.15) is 5.10 Å². The van der Waals surface area contributed by atoms with Crippen LogP contribution in [-0.4, -0.2) is 40.4 Å². The zero-order valence-electron chi connectivity index (χ0n) is 18.9. The zero-order chi connectivity index (χ0) is 23.2. The first-order valence-corrected chi connectivity index (χ1v) is 11.0. The van der Waals surface area contributed by atoms with Crippen LogP contribution >= 0.6 is 0 Å². The topological polar surface area (TPSA) is 129 Å². The molecule has 0 radical (unpaired) electrons. The van der Waals surface area contributed by atoms with Crippen molar-refractivity contribution in [2.75, 3.05) is 5.73 Å². The summed E-state index contributed by atoms with van der Waals surface area (Å²) in [5.74, 6) is 1.34. The Labute approximate surface area is 191 Å². The van der Waals surface area contributed by atoms with E-state index in [2.05, 4.69) is 33.0 Å². The van der Waals surface area contributed by atoms with Gasteiger partial charge in [0.1, 0.15) is 12.0 Å². The van der Waals surface area contributed by atoms with Crippen molar-refractivity contribution >= 4 is 5.95 Å². The zero-order valence-corrected chi connectivity index (χ0v) is 18.9. The van der Waals surface area contributed by atoms with Crippen molar-refractivity contribution in [2.24, 2.45) is 5.92 Å². The lowest BCUT2D eigenvalue weighted by Gasteiger charge is -2.26. The summed E-state index contributed by atoms with van der Waals surface area (Å²) in [6, 6.07) is 4.04. The van der Waals surface area contributed by atoms with Crippen LogP contribution in [0.2, 0.25) is 0 Å². The van der Waals surface area contributed by atoms with Gasteiger partial charge in [0.05, 0.1) is 29.5 Å². The molecule has 0 bridgehead atoms. The Balaban J connectivity index is 1.43. The van der Waals surface area contributed by atoms with Crippen LogP contribution in [0, 0.1) is 5.92 Å². The van der Waals surface area contributed by atoms with Gasteiger partial charge < -0.3 is 15.3 Å². The van der Waals surface area contributed by atoms with Crippen LogP contribution in [0.5, 0.6) is 0 Å². The molecule has 4 aromatic heterocycles. The molecular weight excluding hydrogens is 418 g/mol. The Morgan fingerprint density at radius 2 is 1.79 bits per heavy atom. The van der Waals surface area contributed by atoms with E-state index in [0.717, 1.165) is 40.9 Å². The maximum atomic E-state index is 10.0. The molecule has 33 heavy (non-hydrogen) atoms. The van der Waals surface area contributed by atoms with Gasteiger partial charge in [-0.05, 0) is 51.2 Å². The molecule has 0 saturated heterocycles. The van der Waals surface area contributed by atoms with E-state index in [1.807, 2.05) is 18.5 Å². The van der Waals surface area contributed by atoms with Gasteiger partial charge >= 0.3 is 0 Å². The number of pyridine rings is 1. The first kappa shape index (κ1) is 21.3. The molecule has 1 fully saturated rings. The van der Waals surface area contributed by atoms with E-state index in [1.54, 1.807) is 43.4 Å². The number of aliphatic hydroxyl groups is 1. The van der Waals surface area contributed by atoms with Crippen LogP contribution in [0.3, 0.4) is 0 Å². The fourth-order valence-corrected chi connectivity index (χ4v) is 4.16. The Hall–Kier alpha value is -3.59. The molecule has 0 amide bonds. The highest BCUT2D eigenvalue weighted by molar-refractivity contribution is 5.58. The minimum Gasteiger partial charge on any atom is -0.447 e. The third-order valence-corrected chi connectivity index (χ3v) is 6.15. The van der Waals surface area contributed by atoms with Gasteiger partial charge in [-0.15, -0.1) is 0 Å². The van der Waals surface area contributed by atoms with Gasteiger partial charge in [-0.3, -0.25) is 9.67 Å². The maximum Gasteiger partial charge on any atom is 0.219 e. The number of oxazole rings is 1. The van der Waals surface area contributed by atoms with Gasteiger partial charge in [0.25, 0.3) is 0 Å². The van der Waals surface area contributed by atoms with Crippen molar-refractivity contribution in [1.82, 2.24) is 29.7 Å². The number of anilines is 1. The van der Waals surface area contributed by atoms with Crippen molar-refractivity contribution < 1.29 is 9.52 Å². The average molecular weight is 446 g/mol. The van der Waals surface area contributed by atoms with Crippen LogP contribution in [0.4, 0.5) is 5.95 Å². The number of rotatable bonds is 7. The van der Waals surface area contributed by atoms with E-state index >= 15 is 0 Å². The summed E-state index contributed by atoms with van der Waals surface area (Å²) in [5.41, 5.74) is 8.58. The number of aromatic nitrogens is 6. The number of nitrogen functional groups attached to an aromatic ring is 1. The molecule has 0 aromatic carbocycles.